The fourth-order valence-corrected chi connectivity index (χ4v) is 2.77. The van der Waals surface area contributed by atoms with E-state index in [9.17, 15) is 14.4 Å². The Bertz CT molecular complexity index is 687. The Labute approximate surface area is 158 Å². The van der Waals surface area contributed by atoms with Gasteiger partial charge in [0.2, 0.25) is 11.8 Å². The second kappa shape index (κ2) is 8.40. The summed E-state index contributed by atoms with van der Waals surface area (Å²) in [6.07, 6.45) is -0.382. The van der Waals surface area contributed by atoms with Gasteiger partial charge in [-0.15, -0.1) is 0 Å². The van der Waals surface area contributed by atoms with Gasteiger partial charge >= 0.3 is 6.09 Å². The van der Waals surface area contributed by atoms with E-state index in [-0.39, 0.29) is 31.3 Å². The standard InChI is InChI=1S/C18H24ClN3O4/c1-18(2,3)26-17(25)21-8-7-20-16(24)12-9-15(23)22(11-12)14-6-4-5-13(19)10-14/h4-6,10,12H,7-9,11H2,1-3H3,(H,20,24)(H,21,25). The molecule has 1 fully saturated rings. The topological polar surface area (TPSA) is 87.7 Å². The SMILES string of the molecule is CC(C)(C)OC(=O)NCCNC(=O)C1CC(=O)N(c2cccc(Cl)c2)C1. The van der Waals surface area contributed by atoms with E-state index in [1.54, 1.807) is 49.9 Å². The molecule has 1 unspecified atom stereocenters. The van der Waals surface area contributed by atoms with Crippen molar-refractivity contribution in [2.75, 3.05) is 24.5 Å². The van der Waals surface area contributed by atoms with Crippen LogP contribution in [0.4, 0.5) is 10.5 Å². The molecule has 1 aromatic carbocycles. The van der Waals surface area contributed by atoms with E-state index in [1.165, 1.54) is 0 Å². The van der Waals surface area contributed by atoms with Crippen molar-refractivity contribution in [2.24, 2.45) is 5.92 Å². The summed E-state index contributed by atoms with van der Waals surface area (Å²) in [6.45, 7) is 6.15. The molecular weight excluding hydrogens is 358 g/mol. The number of amides is 3. The van der Waals surface area contributed by atoms with E-state index in [0.717, 1.165) is 0 Å². The number of halogens is 1. The Balaban J connectivity index is 1.77. The first-order chi connectivity index (χ1) is 12.2. The van der Waals surface area contributed by atoms with Crippen molar-refractivity contribution in [2.45, 2.75) is 32.8 Å². The number of nitrogens with zero attached hydrogens (tertiary/aromatic N) is 1. The molecular formula is C18H24ClN3O4. The minimum absolute atomic E-state index is 0.112. The number of hydrogen-bond acceptors (Lipinski definition) is 4. The van der Waals surface area contributed by atoms with Crippen LogP contribution in [-0.4, -0.2) is 43.1 Å². The van der Waals surface area contributed by atoms with E-state index < -0.39 is 17.6 Å². The van der Waals surface area contributed by atoms with Crippen molar-refractivity contribution in [3.63, 3.8) is 0 Å². The van der Waals surface area contributed by atoms with Crippen LogP contribution < -0.4 is 15.5 Å². The lowest BCUT2D eigenvalue weighted by Crippen LogP contribution is -2.40. The van der Waals surface area contributed by atoms with Gasteiger partial charge in [-0.25, -0.2) is 4.79 Å². The molecule has 1 aromatic rings. The Morgan fingerprint density at radius 2 is 1.96 bits per heavy atom. The van der Waals surface area contributed by atoms with Crippen molar-refractivity contribution in [1.29, 1.82) is 0 Å². The number of alkyl carbamates (subject to hydrolysis) is 1. The summed E-state index contributed by atoms with van der Waals surface area (Å²) < 4.78 is 5.11. The lowest BCUT2D eigenvalue weighted by Gasteiger charge is -2.20. The molecule has 0 spiro atoms. The first-order valence-electron chi connectivity index (χ1n) is 8.46. The van der Waals surface area contributed by atoms with Gasteiger partial charge in [-0.1, -0.05) is 17.7 Å². The molecule has 142 valence electrons. The van der Waals surface area contributed by atoms with Gasteiger partial charge in [0, 0.05) is 36.8 Å². The highest BCUT2D eigenvalue weighted by Crippen LogP contribution is 2.27. The average Bonchev–Trinajstić information content (AvgIpc) is 2.91. The van der Waals surface area contributed by atoms with Crippen molar-refractivity contribution >= 4 is 35.2 Å². The Kier molecular flexibility index (Phi) is 6.47. The molecule has 7 nitrogen and oxygen atoms in total. The predicted octanol–water partition coefficient (Wildman–Crippen LogP) is 2.33. The number of anilines is 1. The third kappa shape index (κ3) is 5.91. The Morgan fingerprint density at radius 3 is 2.62 bits per heavy atom. The molecule has 0 saturated carbocycles. The highest BCUT2D eigenvalue weighted by molar-refractivity contribution is 6.31. The predicted molar refractivity (Wildman–Crippen MR) is 99.2 cm³/mol. The van der Waals surface area contributed by atoms with Crippen LogP contribution in [-0.2, 0) is 14.3 Å². The van der Waals surface area contributed by atoms with Gasteiger partial charge in [-0.05, 0) is 39.0 Å². The molecule has 1 saturated heterocycles. The van der Waals surface area contributed by atoms with Gasteiger partial charge in [-0.2, -0.15) is 0 Å². The Morgan fingerprint density at radius 1 is 1.27 bits per heavy atom. The molecule has 2 N–H and O–H groups in total. The van der Waals surface area contributed by atoms with Crippen LogP contribution in [0.1, 0.15) is 27.2 Å². The fourth-order valence-electron chi connectivity index (χ4n) is 2.59. The lowest BCUT2D eigenvalue weighted by atomic mass is 10.1. The summed E-state index contributed by atoms with van der Waals surface area (Å²) in [7, 11) is 0. The number of carbonyl (C=O) groups is 3. The van der Waals surface area contributed by atoms with E-state index >= 15 is 0 Å². The molecule has 0 aromatic heterocycles. The lowest BCUT2D eigenvalue weighted by molar-refractivity contribution is -0.126. The normalized spacial score (nSPS) is 17.2. The second-order valence-corrected chi connectivity index (χ2v) is 7.54. The maximum atomic E-state index is 12.2. The van der Waals surface area contributed by atoms with Crippen LogP contribution in [0.2, 0.25) is 5.02 Å². The van der Waals surface area contributed by atoms with E-state index in [4.69, 9.17) is 16.3 Å². The minimum Gasteiger partial charge on any atom is -0.444 e. The quantitative estimate of drug-likeness (QED) is 0.766. The van der Waals surface area contributed by atoms with E-state index in [0.29, 0.717) is 17.3 Å². The smallest absolute Gasteiger partial charge is 0.407 e. The third-order valence-electron chi connectivity index (χ3n) is 3.71. The van der Waals surface area contributed by atoms with Gasteiger partial charge in [0.25, 0.3) is 0 Å². The molecule has 8 heteroatoms. The fraction of sp³-hybridized carbons (Fsp3) is 0.500. The summed E-state index contributed by atoms with van der Waals surface area (Å²) in [4.78, 5) is 37.5. The molecule has 1 heterocycles. The van der Waals surface area contributed by atoms with E-state index in [2.05, 4.69) is 10.6 Å². The summed E-state index contributed by atoms with van der Waals surface area (Å²) in [6, 6.07) is 6.98. The van der Waals surface area contributed by atoms with Crippen LogP contribution in [0, 0.1) is 5.92 Å². The number of ether oxygens (including phenoxy) is 1. The van der Waals surface area contributed by atoms with E-state index in [1.807, 2.05) is 0 Å². The number of nitrogens with one attached hydrogen (secondary N) is 2. The molecule has 26 heavy (non-hydrogen) atoms. The molecule has 3 amide bonds. The molecule has 1 atom stereocenters. The minimum atomic E-state index is -0.568. The van der Waals surface area contributed by atoms with Crippen LogP contribution in [0.3, 0.4) is 0 Å². The number of carbonyl (C=O) groups excluding carboxylic acids is 3. The number of hydrogen-bond donors (Lipinski definition) is 2. The zero-order chi connectivity index (χ0) is 19.3. The molecule has 0 aliphatic carbocycles. The Hall–Kier alpha value is -2.28. The highest BCUT2D eigenvalue weighted by Gasteiger charge is 2.35. The number of rotatable bonds is 5. The zero-order valence-corrected chi connectivity index (χ0v) is 15.9. The molecule has 1 aliphatic heterocycles. The molecule has 1 aliphatic rings. The third-order valence-corrected chi connectivity index (χ3v) is 3.94. The summed E-state index contributed by atoms with van der Waals surface area (Å²) in [5, 5.41) is 5.84. The first-order valence-corrected chi connectivity index (χ1v) is 8.84. The van der Waals surface area contributed by atoms with Crippen molar-refractivity contribution in [3.8, 4) is 0 Å². The maximum Gasteiger partial charge on any atom is 0.407 e. The summed E-state index contributed by atoms with van der Waals surface area (Å²) in [5.74, 6) is -0.754. The zero-order valence-electron chi connectivity index (χ0n) is 15.2. The monoisotopic (exact) mass is 381 g/mol. The van der Waals surface area contributed by atoms with Crippen LogP contribution in [0.25, 0.3) is 0 Å². The van der Waals surface area contributed by atoms with Gasteiger partial charge in [0.05, 0.1) is 5.92 Å². The van der Waals surface area contributed by atoms with Gasteiger partial charge in [0.15, 0.2) is 0 Å². The van der Waals surface area contributed by atoms with Gasteiger partial charge in [-0.3, -0.25) is 9.59 Å². The summed E-state index contributed by atoms with van der Waals surface area (Å²) >= 11 is 5.96. The molecule has 0 radical (unpaired) electrons. The van der Waals surface area contributed by atoms with Crippen LogP contribution in [0.5, 0.6) is 0 Å². The number of benzene rings is 1. The molecule has 0 bridgehead atoms. The van der Waals surface area contributed by atoms with Crippen molar-refractivity contribution in [3.05, 3.63) is 29.3 Å². The van der Waals surface area contributed by atoms with Gasteiger partial charge < -0.3 is 20.3 Å². The van der Waals surface area contributed by atoms with Gasteiger partial charge in [0.1, 0.15) is 5.60 Å². The average molecular weight is 382 g/mol. The summed E-state index contributed by atoms with van der Waals surface area (Å²) in [5.41, 5.74) is 0.117. The maximum absolute atomic E-state index is 12.2. The first kappa shape index (κ1) is 20.0. The van der Waals surface area contributed by atoms with Crippen LogP contribution in [0.15, 0.2) is 24.3 Å². The van der Waals surface area contributed by atoms with Crippen molar-refractivity contribution in [1.82, 2.24) is 10.6 Å². The molecule has 2 rings (SSSR count). The second-order valence-electron chi connectivity index (χ2n) is 7.10. The highest BCUT2D eigenvalue weighted by atomic mass is 35.5. The van der Waals surface area contributed by atoms with Crippen molar-refractivity contribution < 1.29 is 19.1 Å². The van der Waals surface area contributed by atoms with Crippen LogP contribution >= 0.6 is 11.6 Å². The largest absolute Gasteiger partial charge is 0.444 e.